The van der Waals surface area contributed by atoms with Crippen LogP contribution < -0.4 is 4.74 Å². The fourth-order valence-electron chi connectivity index (χ4n) is 0.564. The van der Waals surface area contributed by atoms with Gasteiger partial charge in [-0.25, -0.2) is 4.79 Å². The normalized spacial score (nSPS) is 9.18. The molecule has 0 unspecified atom stereocenters. The molecule has 0 aliphatic carbocycles. The molecule has 0 fully saturated rings. The molecular formula is C8H9NO2. The van der Waals surface area contributed by atoms with E-state index >= 15 is 0 Å². The molecule has 0 amide bonds. The van der Waals surface area contributed by atoms with Crippen molar-refractivity contribution in [2.24, 2.45) is 0 Å². The second kappa shape index (κ2) is 3.05. The fourth-order valence-corrected chi connectivity index (χ4v) is 0.564. The minimum Gasteiger partial charge on any atom is -0.406 e. The average Bonchev–Trinajstić information content (AvgIpc) is 2.39. The summed E-state index contributed by atoms with van der Waals surface area (Å²) in [4.78, 5) is 13.6. The minimum atomic E-state index is -0.410. The fraction of sp³-hybridized carbons (Fsp3) is 0.125. The molecule has 1 rings (SSSR count). The van der Waals surface area contributed by atoms with Crippen molar-refractivity contribution in [1.29, 1.82) is 0 Å². The number of esters is 1. The van der Waals surface area contributed by atoms with Crippen molar-refractivity contribution in [3.63, 3.8) is 0 Å². The largest absolute Gasteiger partial charge is 0.406 e. The van der Waals surface area contributed by atoms with Crippen molar-refractivity contribution >= 4 is 5.97 Å². The Labute approximate surface area is 64.7 Å². The van der Waals surface area contributed by atoms with Gasteiger partial charge in [0.25, 0.3) is 0 Å². The van der Waals surface area contributed by atoms with E-state index in [0.29, 0.717) is 11.5 Å². The highest BCUT2D eigenvalue weighted by Gasteiger charge is 2.03. The molecule has 0 saturated heterocycles. The molecular weight excluding hydrogens is 142 g/mol. The Morgan fingerprint density at radius 1 is 1.73 bits per heavy atom. The molecule has 1 aromatic rings. The van der Waals surface area contributed by atoms with Crippen LogP contribution in [0.4, 0.5) is 0 Å². The van der Waals surface area contributed by atoms with Crippen LogP contribution >= 0.6 is 0 Å². The Bertz CT molecular complexity index is 262. The van der Waals surface area contributed by atoms with E-state index in [2.05, 4.69) is 11.6 Å². The van der Waals surface area contributed by atoms with Gasteiger partial charge < -0.3 is 9.72 Å². The van der Waals surface area contributed by atoms with E-state index < -0.39 is 5.97 Å². The number of hydrogen-bond acceptors (Lipinski definition) is 2. The lowest BCUT2D eigenvalue weighted by molar-refractivity contribution is -0.130. The van der Waals surface area contributed by atoms with Crippen LogP contribution in [0.3, 0.4) is 0 Å². The summed E-state index contributed by atoms with van der Waals surface area (Å²) in [5.74, 6) is 0.0328. The van der Waals surface area contributed by atoms with Crippen molar-refractivity contribution in [2.45, 2.75) is 6.92 Å². The molecule has 1 aromatic heterocycles. The van der Waals surface area contributed by atoms with Crippen molar-refractivity contribution in [1.82, 2.24) is 4.98 Å². The zero-order valence-corrected chi connectivity index (χ0v) is 6.26. The van der Waals surface area contributed by atoms with Crippen molar-refractivity contribution in [3.05, 3.63) is 30.5 Å². The number of nitrogens with one attached hydrogen (secondary N) is 1. The minimum absolute atomic E-state index is 0.389. The zero-order chi connectivity index (χ0) is 8.27. The Balaban J connectivity index is 2.57. The van der Waals surface area contributed by atoms with Crippen molar-refractivity contribution in [2.75, 3.05) is 0 Å². The number of rotatable bonds is 2. The molecule has 58 valence electrons. The summed E-state index contributed by atoms with van der Waals surface area (Å²) in [6, 6.07) is 3.42. The first-order chi connectivity index (χ1) is 5.20. The van der Waals surface area contributed by atoms with Crippen LogP contribution in [0.25, 0.3) is 0 Å². The molecule has 0 aromatic carbocycles. The third-order valence-corrected chi connectivity index (χ3v) is 1.12. The van der Waals surface area contributed by atoms with Gasteiger partial charge in [-0.05, 0) is 13.0 Å². The Hall–Kier alpha value is -1.51. The molecule has 1 heterocycles. The van der Waals surface area contributed by atoms with E-state index in [1.165, 1.54) is 0 Å². The number of hydrogen-bond donors (Lipinski definition) is 1. The molecule has 0 spiro atoms. The highest BCUT2D eigenvalue weighted by molar-refractivity contribution is 5.88. The Kier molecular flexibility index (Phi) is 2.11. The van der Waals surface area contributed by atoms with Gasteiger partial charge in [-0.1, -0.05) is 6.58 Å². The molecule has 0 saturated carbocycles. The number of carbonyl (C=O) groups is 1. The van der Waals surface area contributed by atoms with E-state index in [1.54, 1.807) is 25.3 Å². The zero-order valence-electron chi connectivity index (χ0n) is 6.26. The van der Waals surface area contributed by atoms with Crippen LogP contribution in [0, 0.1) is 0 Å². The molecule has 0 atom stereocenters. The highest BCUT2D eigenvalue weighted by Crippen LogP contribution is 2.06. The number of H-pyrrole nitrogens is 1. The first kappa shape index (κ1) is 7.60. The molecule has 0 aliphatic rings. The summed E-state index contributed by atoms with van der Waals surface area (Å²) < 4.78 is 4.82. The first-order valence-corrected chi connectivity index (χ1v) is 3.21. The van der Waals surface area contributed by atoms with Gasteiger partial charge in [-0.15, -0.1) is 0 Å². The van der Waals surface area contributed by atoms with Gasteiger partial charge in [-0.3, -0.25) is 0 Å². The summed E-state index contributed by atoms with van der Waals surface area (Å²) in [7, 11) is 0. The van der Waals surface area contributed by atoms with Crippen LogP contribution in [0.5, 0.6) is 5.88 Å². The maximum atomic E-state index is 10.9. The van der Waals surface area contributed by atoms with Gasteiger partial charge in [-0.2, -0.15) is 0 Å². The van der Waals surface area contributed by atoms with Gasteiger partial charge >= 0.3 is 5.97 Å². The monoisotopic (exact) mass is 151 g/mol. The predicted molar refractivity (Wildman–Crippen MR) is 41.2 cm³/mol. The average molecular weight is 151 g/mol. The molecule has 1 N–H and O–H groups in total. The van der Waals surface area contributed by atoms with Crippen molar-refractivity contribution in [3.8, 4) is 5.88 Å². The van der Waals surface area contributed by atoms with Crippen LogP contribution in [0.15, 0.2) is 30.5 Å². The van der Waals surface area contributed by atoms with Gasteiger partial charge in [0, 0.05) is 17.8 Å². The van der Waals surface area contributed by atoms with E-state index in [-0.39, 0.29) is 0 Å². The lowest BCUT2D eigenvalue weighted by atomic mass is 10.4. The van der Waals surface area contributed by atoms with E-state index in [9.17, 15) is 4.79 Å². The molecule has 0 bridgehead atoms. The van der Waals surface area contributed by atoms with Gasteiger partial charge in [0.15, 0.2) is 0 Å². The molecule has 11 heavy (non-hydrogen) atoms. The summed E-state index contributed by atoms with van der Waals surface area (Å²) in [5, 5.41) is 0. The maximum absolute atomic E-state index is 10.9. The summed E-state index contributed by atoms with van der Waals surface area (Å²) in [6.45, 7) is 5.05. The second-order valence-corrected chi connectivity index (χ2v) is 2.20. The lowest BCUT2D eigenvalue weighted by Crippen LogP contribution is -2.08. The third-order valence-electron chi connectivity index (χ3n) is 1.12. The van der Waals surface area contributed by atoms with Crippen LogP contribution in [0.2, 0.25) is 0 Å². The smallest absolute Gasteiger partial charge is 0.339 e. The predicted octanol–water partition coefficient (Wildman–Crippen LogP) is 1.50. The van der Waals surface area contributed by atoms with Crippen LogP contribution in [-0.4, -0.2) is 11.0 Å². The molecule has 3 nitrogen and oxygen atoms in total. The van der Waals surface area contributed by atoms with Crippen molar-refractivity contribution < 1.29 is 9.53 Å². The van der Waals surface area contributed by atoms with Gasteiger partial charge in [0.05, 0.1) is 0 Å². The Morgan fingerprint density at radius 2 is 2.45 bits per heavy atom. The standard InChI is InChI=1S/C8H9NO2/c1-6(2)8(10)11-7-4-3-5-9-7/h3-5,9H,1H2,2H3. The quantitative estimate of drug-likeness (QED) is 0.514. The van der Waals surface area contributed by atoms with Crippen LogP contribution in [0.1, 0.15) is 6.92 Å². The van der Waals surface area contributed by atoms with E-state index in [0.717, 1.165) is 0 Å². The highest BCUT2D eigenvalue weighted by atomic mass is 16.5. The number of carbonyl (C=O) groups excluding carboxylic acids is 1. The number of ether oxygens (including phenoxy) is 1. The van der Waals surface area contributed by atoms with E-state index in [4.69, 9.17) is 4.74 Å². The molecule has 3 heteroatoms. The topological polar surface area (TPSA) is 42.1 Å². The van der Waals surface area contributed by atoms with Gasteiger partial charge in [0.2, 0.25) is 5.88 Å². The van der Waals surface area contributed by atoms with E-state index in [1.807, 2.05) is 0 Å². The molecule has 0 radical (unpaired) electrons. The summed E-state index contributed by atoms with van der Waals surface area (Å²) in [5.41, 5.74) is 0.389. The SMILES string of the molecule is C=C(C)C(=O)Oc1ccc[nH]1. The summed E-state index contributed by atoms with van der Waals surface area (Å²) >= 11 is 0. The van der Waals surface area contributed by atoms with Gasteiger partial charge in [0.1, 0.15) is 0 Å². The third kappa shape index (κ3) is 1.97. The second-order valence-electron chi connectivity index (χ2n) is 2.20. The van der Waals surface area contributed by atoms with Crippen LogP contribution in [-0.2, 0) is 4.79 Å². The summed E-state index contributed by atoms with van der Waals surface area (Å²) in [6.07, 6.45) is 1.68. The first-order valence-electron chi connectivity index (χ1n) is 3.21. The number of aromatic nitrogens is 1. The molecule has 0 aliphatic heterocycles. The number of aromatic amines is 1. The lowest BCUT2D eigenvalue weighted by Gasteiger charge is -1.98. The Morgan fingerprint density at radius 3 is 2.91 bits per heavy atom. The maximum Gasteiger partial charge on any atom is 0.339 e.